The second-order valence-electron chi connectivity index (χ2n) is 8.01. The van der Waals surface area contributed by atoms with Crippen molar-refractivity contribution in [3.05, 3.63) is 53.6 Å². The van der Waals surface area contributed by atoms with Gasteiger partial charge in [-0.1, -0.05) is 43.1 Å². The minimum Gasteiger partial charge on any atom is -0.508 e. The van der Waals surface area contributed by atoms with Crippen LogP contribution in [0.1, 0.15) is 54.9 Å². The zero-order valence-corrected chi connectivity index (χ0v) is 19.2. The van der Waals surface area contributed by atoms with Gasteiger partial charge in [0.2, 0.25) is 0 Å². The maximum atomic E-state index is 12.4. The quantitative estimate of drug-likeness (QED) is 0.354. The van der Waals surface area contributed by atoms with Gasteiger partial charge in [-0.3, -0.25) is 4.79 Å². The Morgan fingerprint density at radius 2 is 1.94 bits per heavy atom. The first kappa shape index (κ1) is 26.1. The summed E-state index contributed by atoms with van der Waals surface area (Å²) in [5.41, 5.74) is 1.37. The van der Waals surface area contributed by atoms with Gasteiger partial charge < -0.3 is 25.1 Å². The molecule has 0 bridgehead atoms. The number of aliphatic hydroxyl groups excluding tert-OH is 1. The van der Waals surface area contributed by atoms with Crippen molar-refractivity contribution in [3.8, 4) is 5.75 Å². The molecule has 33 heavy (non-hydrogen) atoms. The van der Waals surface area contributed by atoms with E-state index in [1.54, 1.807) is 6.08 Å². The molecule has 2 aliphatic rings. The van der Waals surface area contributed by atoms with E-state index in [1.807, 2.05) is 18.2 Å². The van der Waals surface area contributed by atoms with Crippen LogP contribution in [-0.2, 0) is 20.8 Å². The highest BCUT2D eigenvalue weighted by Gasteiger charge is 2.15. The van der Waals surface area contributed by atoms with E-state index in [9.17, 15) is 14.7 Å². The van der Waals surface area contributed by atoms with Gasteiger partial charge in [0, 0.05) is 13.0 Å². The number of ether oxygens (including phenoxy) is 1. The summed E-state index contributed by atoms with van der Waals surface area (Å²) in [7, 11) is 0. The first-order valence-electron chi connectivity index (χ1n) is 11.4. The predicted octanol–water partition coefficient (Wildman–Crippen LogP) is 3.29. The van der Waals surface area contributed by atoms with Crippen LogP contribution in [0.15, 0.2) is 47.7 Å². The van der Waals surface area contributed by atoms with Crippen LogP contribution in [0.5, 0.6) is 5.75 Å². The molecule has 0 spiro atoms. The zero-order valence-electron chi connectivity index (χ0n) is 19.2. The smallest absolute Gasteiger partial charge is 0.338 e. The summed E-state index contributed by atoms with van der Waals surface area (Å²) < 4.78 is 5.30. The minimum atomic E-state index is -0.474. The van der Waals surface area contributed by atoms with E-state index >= 15 is 0 Å². The fourth-order valence-electron chi connectivity index (χ4n) is 2.77. The number of hydrogen-bond donors (Lipinski definition) is 3. The first-order valence-corrected chi connectivity index (χ1v) is 11.4. The van der Waals surface area contributed by atoms with E-state index in [0.29, 0.717) is 23.3 Å². The summed E-state index contributed by atoms with van der Waals surface area (Å²) in [5, 5.41) is 25.0. The van der Waals surface area contributed by atoms with Gasteiger partial charge in [-0.05, 0) is 55.0 Å². The fraction of sp³-hybridized carbons (Fsp3) is 0.480. The molecule has 0 saturated heterocycles. The highest BCUT2D eigenvalue weighted by molar-refractivity contribution is 5.99. The number of benzene rings is 1. The Morgan fingerprint density at radius 1 is 1.21 bits per heavy atom. The average molecular weight is 459 g/mol. The van der Waals surface area contributed by atoms with E-state index in [-0.39, 0.29) is 38.5 Å². The topological polar surface area (TPSA) is 117 Å². The number of allylic oxidation sites excluding steroid dienone is 3. The summed E-state index contributed by atoms with van der Waals surface area (Å²) in [6, 6.07) is 4.43. The largest absolute Gasteiger partial charge is 0.508 e. The number of nitrogens with one attached hydrogen (secondary N) is 1. The monoisotopic (exact) mass is 458 g/mol. The van der Waals surface area contributed by atoms with Gasteiger partial charge in [-0.2, -0.15) is 0 Å². The van der Waals surface area contributed by atoms with Crippen LogP contribution in [0.2, 0.25) is 0 Å². The van der Waals surface area contributed by atoms with Crippen molar-refractivity contribution in [2.24, 2.45) is 11.1 Å². The maximum absolute atomic E-state index is 12.4. The van der Waals surface area contributed by atoms with Crippen LogP contribution in [0.4, 0.5) is 0 Å². The number of aliphatic hydroxyl groups is 1. The lowest BCUT2D eigenvalue weighted by Crippen LogP contribution is -2.29. The fourth-order valence-corrected chi connectivity index (χ4v) is 2.77. The van der Waals surface area contributed by atoms with Crippen LogP contribution in [0.25, 0.3) is 0 Å². The summed E-state index contributed by atoms with van der Waals surface area (Å²) in [6.45, 7) is 2.24. The Bertz CT molecular complexity index is 858. The van der Waals surface area contributed by atoms with E-state index in [4.69, 9.17) is 14.7 Å². The molecule has 180 valence electrons. The third-order valence-electron chi connectivity index (χ3n) is 4.85. The number of aromatic hydroxyl groups is 1. The molecule has 3 rings (SSSR count). The van der Waals surface area contributed by atoms with E-state index in [2.05, 4.69) is 17.4 Å². The van der Waals surface area contributed by atoms with Gasteiger partial charge in [-0.25, -0.2) is 4.79 Å². The molecule has 3 N–H and O–H groups in total. The summed E-state index contributed by atoms with van der Waals surface area (Å²) >= 11 is 0. The number of esters is 1. The van der Waals surface area contributed by atoms with Gasteiger partial charge in [0.15, 0.2) is 6.61 Å². The lowest BCUT2D eigenvalue weighted by Gasteiger charge is -2.11. The molecule has 1 aliphatic carbocycles. The molecular formula is C25H34N2O6. The van der Waals surface area contributed by atoms with E-state index in [0.717, 1.165) is 18.8 Å². The number of oxime groups is 1. The number of hydrogen-bond acceptors (Lipinski definition) is 7. The molecule has 0 atom stereocenters. The standard InChI is InChI=1S/C21H26N2O6.C4H8/c24-11-10-22-20(26)15-29-23-17-7-5-3-1-2-4-6-12-28-21(27)19-9-8-18(25)14-16(19)13-17;1-4-2-3-4/h2,4-5,7-9,14,24-25H,1,3,6,10-13,15H2,(H,22,26);4H,2-3H2,1H3/b4-2+,7-5+,23-17-;. The molecule has 1 fully saturated rings. The number of rotatable bonds is 5. The lowest BCUT2D eigenvalue weighted by molar-refractivity contribution is -0.125. The van der Waals surface area contributed by atoms with Crippen molar-refractivity contribution in [2.75, 3.05) is 26.4 Å². The Kier molecular flexibility index (Phi) is 11.7. The Hall–Kier alpha value is -3.13. The van der Waals surface area contributed by atoms with Crippen molar-refractivity contribution in [3.63, 3.8) is 0 Å². The zero-order chi connectivity index (χ0) is 23.9. The molecule has 1 aliphatic heterocycles. The maximum Gasteiger partial charge on any atom is 0.338 e. The average Bonchev–Trinajstić information content (AvgIpc) is 3.58. The molecule has 8 nitrogen and oxygen atoms in total. The second-order valence-corrected chi connectivity index (χ2v) is 8.01. The van der Waals surface area contributed by atoms with Crippen LogP contribution in [-0.4, -0.2) is 54.2 Å². The molecule has 8 heteroatoms. The molecule has 1 saturated carbocycles. The van der Waals surface area contributed by atoms with Crippen LogP contribution >= 0.6 is 0 Å². The van der Waals surface area contributed by atoms with Gasteiger partial charge in [0.05, 0.1) is 24.5 Å². The van der Waals surface area contributed by atoms with Gasteiger partial charge in [0.1, 0.15) is 5.75 Å². The van der Waals surface area contributed by atoms with Gasteiger partial charge >= 0.3 is 5.97 Å². The highest BCUT2D eigenvalue weighted by atomic mass is 16.6. The third kappa shape index (κ3) is 11.3. The number of fused-ring (bicyclic) bond motifs is 1. The second kappa shape index (κ2) is 14.8. The number of phenolic OH excluding ortho intramolecular Hbond substituents is 1. The van der Waals surface area contributed by atoms with Crippen LogP contribution in [0, 0.1) is 5.92 Å². The Balaban J connectivity index is 0.000000866. The minimum absolute atomic E-state index is 0.0215. The van der Waals surface area contributed by atoms with E-state index in [1.165, 1.54) is 31.0 Å². The molecule has 0 unspecified atom stereocenters. The molecule has 0 aromatic heterocycles. The molecule has 0 radical (unpaired) electrons. The number of amides is 1. The highest BCUT2D eigenvalue weighted by Crippen LogP contribution is 2.26. The van der Waals surface area contributed by atoms with Crippen LogP contribution in [0.3, 0.4) is 0 Å². The number of cyclic esters (lactones) is 1. The SMILES string of the molecule is CC1CC1.O=C(CO/N=C1/C=C/CC/C=C/CCOC(=O)c2ccc(O)cc2C1)NCCO. The van der Waals surface area contributed by atoms with Crippen LogP contribution < -0.4 is 5.32 Å². The van der Waals surface area contributed by atoms with Crippen molar-refractivity contribution in [1.29, 1.82) is 0 Å². The number of phenols is 1. The summed E-state index contributed by atoms with van der Waals surface area (Å²) in [4.78, 5) is 29.1. The normalized spacial score (nSPS) is 19.7. The molecule has 1 aromatic carbocycles. The molecule has 1 aromatic rings. The van der Waals surface area contributed by atoms with Crippen molar-refractivity contribution in [1.82, 2.24) is 5.32 Å². The van der Waals surface area contributed by atoms with Crippen molar-refractivity contribution >= 4 is 17.6 Å². The molecular weight excluding hydrogens is 424 g/mol. The van der Waals surface area contributed by atoms with Crippen molar-refractivity contribution < 1.29 is 29.4 Å². The lowest BCUT2D eigenvalue weighted by atomic mass is 10.0. The first-order chi connectivity index (χ1) is 16.0. The summed E-state index contributed by atoms with van der Waals surface area (Å²) in [6.07, 6.45) is 13.1. The Labute approximate surface area is 195 Å². The summed E-state index contributed by atoms with van der Waals surface area (Å²) in [5.74, 6) is 0.228. The third-order valence-corrected chi connectivity index (χ3v) is 4.85. The molecule has 1 heterocycles. The van der Waals surface area contributed by atoms with Gasteiger partial charge in [-0.15, -0.1) is 0 Å². The van der Waals surface area contributed by atoms with E-state index < -0.39 is 11.9 Å². The number of nitrogens with zero attached hydrogens (tertiary/aromatic N) is 1. The van der Waals surface area contributed by atoms with Gasteiger partial charge in [0.25, 0.3) is 5.91 Å². The molecule has 1 amide bonds. The number of carbonyl (C=O) groups is 2. The number of carbonyl (C=O) groups excluding carboxylic acids is 2. The predicted molar refractivity (Wildman–Crippen MR) is 126 cm³/mol. The Morgan fingerprint density at radius 3 is 2.67 bits per heavy atom. The van der Waals surface area contributed by atoms with Crippen molar-refractivity contribution in [2.45, 2.75) is 45.4 Å².